The molecule has 78 valence electrons. The summed E-state index contributed by atoms with van der Waals surface area (Å²) in [6.45, 7) is 1.91. The van der Waals surface area contributed by atoms with E-state index in [4.69, 9.17) is 5.11 Å². The fourth-order valence-electron chi connectivity index (χ4n) is 1.63. The molecule has 0 fully saturated rings. The van der Waals surface area contributed by atoms with Gasteiger partial charge in [-0.3, -0.25) is 4.79 Å². The highest BCUT2D eigenvalue weighted by molar-refractivity contribution is 5.68. The normalized spacial score (nSPS) is 12.9. The topological polar surface area (TPSA) is 54.6 Å². The molecule has 0 bridgehead atoms. The zero-order valence-electron chi connectivity index (χ0n) is 8.42. The van der Waals surface area contributed by atoms with E-state index in [9.17, 15) is 4.79 Å². The largest absolute Gasteiger partial charge is 0.481 e. The SMILES string of the molecule is CC(CC(=O)O)c1ccn2nccc2c1. The van der Waals surface area contributed by atoms with Crippen LogP contribution in [-0.2, 0) is 4.79 Å². The number of nitrogens with zero attached hydrogens (tertiary/aromatic N) is 2. The zero-order chi connectivity index (χ0) is 10.8. The van der Waals surface area contributed by atoms with Gasteiger partial charge in [-0.15, -0.1) is 0 Å². The maximum Gasteiger partial charge on any atom is 0.303 e. The Hall–Kier alpha value is -1.84. The van der Waals surface area contributed by atoms with Crippen molar-refractivity contribution >= 4 is 11.5 Å². The molecule has 2 rings (SSSR count). The van der Waals surface area contributed by atoms with Crippen LogP contribution >= 0.6 is 0 Å². The summed E-state index contributed by atoms with van der Waals surface area (Å²) in [6.07, 6.45) is 3.73. The van der Waals surface area contributed by atoms with E-state index in [1.807, 2.05) is 31.3 Å². The van der Waals surface area contributed by atoms with E-state index in [0.29, 0.717) is 0 Å². The molecule has 0 saturated carbocycles. The fraction of sp³-hybridized carbons (Fsp3) is 0.273. The smallest absolute Gasteiger partial charge is 0.303 e. The molecule has 15 heavy (non-hydrogen) atoms. The molecule has 0 aliphatic rings. The minimum Gasteiger partial charge on any atom is -0.481 e. The number of hydrogen-bond donors (Lipinski definition) is 1. The van der Waals surface area contributed by atoms with Gasteiger partial charge in [0.05, 0.1) is 11.9 Å². The van der Waals surface area contributed by atoms with E-state index in [-0.39, 0.29) is 12.3 Å². The highest BCUT2D eigenvalue weighted by Crippen LogP contribution is 2.20. The third-order valence-electron chi connectivity index (χ3n) is 2.47. The first-order valence-electron chi connectivity index (χ1n) is 4.82. The molecule has 2 heterocycles. The van der Waals surface area contributed by atoms with Gasteiger partial charge in [-0.1, -0.05) is 6.92 Å². The molecule has 0 amide bonds. The molecule has 1 N–H and O–H groups in total. The number of carboxylic acids is 1. The number of carbonyl (C=O) groups is 1. The molecule has 0 aliphatic heterocycles. The van der Waals surface area contributed by atoms with Crippen LogP contribution < -0.4 is 0 Å². The van der Waals surface area contributed by atoms with Gasteiger partial charge in [0.25, 0.3) is 0 Å². The van der Waals surface area contributed by atoms with Gasteiger partial charge in [-0.25, -0.2) is 4.52 Å². The number of fused-ring (bicyclic) bond motifs is 1. The van der Waals surface area contributed by atoms with Crippen LogP contribution in [0.4, 0.5) is 0 Å². The van der Waals surface area contributed by atoms with Crippen LogP contribution in [0, 0.1) is 0 Å². The lowest BCUT2D eigenvalue weighted by Crippen LogP contribution is -2.03. The molecule has 4 heteroatoms. The Bertz CT molecular complexity index is 490. The van der Waals surface area contributed by atoms with E-state index in [1.165, 1.54) is 0 Å². The molecule has 2 aromatic rings. The van der Waals surface area contributed by atoms with E-state index in [0.717, 1.165) is 11.1 Å². The maximum atomic E-state index is 10.6. The van der Waals surface area contributed by atoms with E-state index >= 15 is 0 Å². The van der Waals surface area contributed by atoms with Gasteiger partial charge in [0.15, 0.2) is 0 Å². The molecular weight excluding hydrogens is 192 g/mol. The summed E-state index contributed by atoms with van der Waals surface area (Å²) >= 11 is 0. The predicted octanol–water partition coefficient (Wildman–Crippen LogP) is 1.91. The van der Waals surface area contributed by atoms with Crippen LogP contribution in [0.5, 0.6) is 0 Å². The lowest BCUT2D eigenvalue weighted by Gasteiger charge is -2.08. The molecule has 2 aromatic heterocycles. The molecule has 0 radical (unpaired) electrons. The van der Waals surface area contributed by atoms with Gasteiger partial charge < -0.3 is 5.11 Å². The predicted molar refractivity (Wildman–Crippen MR) is 55.9 cm³/mol. The molecule has 0 aliphatic carbocycles. The summed E-state index contributed by atoms with van der Waals surface area (Å²) in [7, 11) is 0. The van der Waals surface area contributed by atoms with Crippen molar-refractivity contribution in [1.82, 2.24) is 9.61 Å². The fourth-order valence-corrected chi connectivity index (χ4v) is 1.63. The Morgan fingerprint density at radius 3 is 3.13 bits per heavy atom. The Morgan fingerprint density at radius 1 is 1.60 bits per heavy atom. The Kier molecular flexibility index (Phi) is 2.41. The summed E-state index contributed by atoms with van der Waals surface area (Å²) in [5, 5.41) is 12.8. The van der Waals surface area contributed by atoms with Gasteiger partial charge in [0.1, 0.15) is 0 Å². The van der Waals surface area contributed by atoms with Crippen LogP contribution in [0.3, 0.4) is 0 Å². The van der Waals surface area contributed by atoms with Crippen molar-refractivity contribution in [3.63, 3.8) is 0 Å². The number of aromatic nitrogens is 2. The zero-order valence-corrected chi connectivity index (χ0v) is 8.42. The highest BCUT2D eigenvalue weighted by Gasteiger charge is 2.10. The van der Waals surface area contributed by atoms with Crippen LogP contribution in [0.2, 0.25) is 0 Å². The standard InChI is InChI=1S/C11H12N2O2/c1-8(6-11(14)15)9-3-5-13-10(7-9)2-4-12-13/h2-5,7-8H,6H2,1H3,(H,14,15). The Balaban J connectivity index is 2.30. The van der Waals surface area contributed by atoms with Gasteiger partial charge >= 0.3 is 5.97 Å². The number of aliphatic carboxylic acids is 1. The van der Waals surface area contributed by atoms with E-state index < -0.39 is 5.97 Å². The van der Waals surface area contributed by atoms with Crippen LogP contribution in [0.15, 0.2) is 30.6 Å². The van der Waals surface area contributed by atoms with Crippen molar-refractivity contribution in [3.8, 4) is 0 Å². The third-order valence-corrected chi connectivity index (χ3v) is 2.47. The van der Waals surface area contributed by atoms with Gasteiger partial charge in [-0.2, -0.15) is 5.10 Å². The monoisotopic (exact) mass is 204 g/mol. The molecule has 0 spiro atoms. The number of hydrogen-bond acceptors (Lipinski definition) is 2. The lowest BCUT2D eigenvalue weighted by molar-refractivity contribution is -0.137. The number of pyridine rings is 1. The molecule has 0 aromatic carbocycles. The molecular formula is C11H12N2O2. The van der Waals surface area contributed by atoms with E-state index in [1.54, 1.807) is 10.7 Å². The average molecular weight is 204 g/mol. The van der Waals surface area contributed by atoms with Crippen LogP contribution in [0.1, 0.15) is 24.8 Å². The Morgan fingerprint density at radius 2 is 2.40 bits per heavy atom. The average Bonchev–Trinajstić information content (AvgIpc) is 2.62. The van der Waals surface area contributed by atoms with Crippen molar-refractivity contribution in [3.05, 3.63) is 36.2 Å². The second kappa shape index (κ2) is 3.73. The second-order valence-corrected chi connectivity index (χ2v) is 3.66. The van der Waals surface area contributed by atoms with Crippen LogP contribution in [-0.4, -0.2) is 20.7 Å². The summed E-state index contributed by atoms with van der Waals surface area (Å²) in [6, 6.07) is 5.78. The molecule has 0 saturated heterocycles. The number of rotatable bonds is 3. The molecule has 4 nitrogen and oxygen atoms in total. The van der Waals surface area contributed by atoms with Gasteiger partial charge in [-0.05, 0) is 29.7 Å². The molecule has 1 unspecified atom stereocenters. The van der Waals surface area contributed by atoms with Gasteiger partial charge in [0.2, 0.25) is 0 Å². The van der Waals surface area contributed by atoms with E-state index in [2.05, 4.69) is 5.10 Å². The van der Waals surface area contributed by atoms with Crippen LogP contribution in [0.25, 0.3) is 5.52 Å². The summed E-state index contributed by atoms with van der Waals surface area (Å²) in [4.78, 5) is 10.6. The minimum absolute atomic E-state index is 0.0300. The van der Waals surface area contributed by atoms with Gasteiger partial charge in [0, 0.05) is 12.4 Å². The van der Waals surface area contributed by atoms with Crippen molar-refractivity contribution in [2.75, 3.05) is 0 Å². The maximum absolute atomic E-state index is 10.6. The summed E-state index contributed by atoms with van der Waals surface area (Å²) in [5.41, 5.74) is 2.02. The highest BCUT2D eigenvalue weighted by atomic mass is 16.4. The number of carboxylic acid groups (broad SMARTS) is 1. The second-order valence-electron chi connectivity index (χ2n) is 3.66. The summed E-state index contributed by atoms with van der Waals surface area (Å²) < 4.78 is 1.76. The quantitative estimate of drug-likeness (QED) is 0.830. The summed E-state index contributed by atoms with van der Waals surface area (Å²) in [5.74, 6) is -0.738. The third kappa shape index (κ3) is 1.98. The van der Waals surface area contributed by atoms with Crippen molar-refractivity contribution < 1.29 is 9.90 Å². The Labute approximate surface area is 87.2 Å². The molecule has 1 atom stereocenters. The van der Waals surface area contributed by atoms with Crippen molar-refractivity contribution in [2.45, 2.75) is 19.3 Å². The van der Waals surface area contributed by atoms with Crippen molar-refractivity contribution in [1.29, 1.82) is 0 Å². The lowest BCUT2D eigenvalue weighted by atomic mass is 9.99. The first kappa shape index (κ1) is 9.71. The first-order chi connectivity index (χ1) is 7.16. The first-order valence-corrected chi connectivity index (χ1v) is 4.82. The van der Waals surface area contributed by atoms with Crippen molar-refractivity contribution in [2.24, 2.45) is 0 Å². The minimum atomic E-state index is -0.768.